The van der Waals surface area contributed by atoms with Gasteiger partial charge in [0.25, 0.3) is 0 Å². The molecule has 3 fully saturated rings. The van der Waals surface area contributed by atoms with E-state index in [1.165, 1.54) is 0 Å². The van der Waals surface area contributed by atoms with Gasteiger partial charge >= 0.3 is 0 Å². The van der Waals surface area contributed by atoms with Gasteiger partial charge in [0.1, 0.15) is 0 Å². The highest BCUT2D eigenvalue weighted by Crippen LogP contribution is 2.58. The van der Waals surface area contributed by atoms with E-state index in [9.17, 15) is 15.8 Å². The van der Waals surface area contributed by atoms with Crippen molar-refractivity contribution in [2.24, 2.45) is 16.7 Å². The summed E-state index contributed by atoms with van der Waals surface area (Å²) in [6.45, 7) is 3.05. The first kappa shape index (κ1) is 11.4. The Hall–Kier alpha value is -2.10. The number of nitriles is 3. The molecule has 86 valence electrons. The fourth-order valence-electron chi connectivity index (χ4n) is 2.49. The van der Waals surface area contributed by atoms with Crippen LogP contribution in [-0.4, -0.2) is 18.3 Å². The van der Waals surface area contributed by atoms with Gasteiger partial charge in [-0.15, -0.1) is 0 Å². The number of fused-ring (bicyclic) bond motifs is 3. The molecule has 0 amide bonds. The Morgan fingerprint density at radius 3 is 2.29 bits per heavy atom. The Morgan fingerprint density at radius 2 is 1.88 bits per heavy atom. The van der Waals surface area contributed by atoms with Crippen LogP contribution in [0.5, 0.6) is 0 Å². The van der Waals surface area contributed by atoms with Crippen molar-refractivity contribution in [2.75, 3.05) is 6.61 Å². The summed E-state index contributed by atoms with van der Waals surface area (Å²) in [5.41, 5.74) is -3.24. The third-order valence-electron chi connectivity index (χ3n) is 3.92. The van der Waals surface area contributed by atoms with Crippen molar-refractivity contribution < 1.29 is 9.47 Å². The van der Waals surface area contributed by atoms with E-state index in [1.807, 2.05) is 18.2 Å². The molecule has 3 rings (SSSR count). The van der Waals surface area contributed by atoms with Crippen LogP contribution >= 0.6 is 0 Å². The molecule has 0 aromatic rings. The van der Waals surface area contributed by atoms with Gasteiger partial charge in [0.05, 0.1) is 30.7 Å². The van der Waals surface area contributed by atoms with Crippen LogP contribution in [0.2, 0.25) is 0 Å². The van der Waals surface area contributed by atoms with Crippen molar-refractivity contribution in [3.63, 3.8) is 0 Å². The molecule has 0 radical (unpaired) electrons. The summed E-state index contributed by atoms with van der Waals surface area (Å²) in [5.74, 6) is -2.16. The molecule has 2 bridgehead atoms. The van der Waals surface area contributed by atoms with Crippen LogP contribution in [0, 0.1) is 56.2 Å². The zero-order valence-corrected chi connectivity index (χ0v) is 9.44. The average Bonchev–Trinajstić information content (AvgIpc) is 2.32. The zero-order valence-electron chi connectivity index (χ0n) is 9.44. The quantitative estimate of drug-likeness (QED) is 0.664. The molecule has 3 aliphatic heterocycles. The van der Waals surface area contributed by atoms with Crippen LogP contribution in [0.4, 0.5) is 0 Å². The van der Waals surface area contributed by atoms with Gasteiger partial charge in [-0.25, -0.2) is 0 Å². The number of nitrogens with zero attached hydrogens (tertiary/aromatic N) is 3. The van der Waals surface area contributed by atoms with Crippen LogP contribution in [0.25, 0.3) is 0 Å². The molecule has 0 aromatic carbocycles. The second kappa shape index (κ2) is 2.97. The van der Waals surface area contributed by atoms with E-state index in [4.69, 9.17) is 14.9 Å². The molecule has 3 heterocycles. The van der Waals surface area contributed by atoms with Crippen LogP contribution in [0.1, 0.15) is 13.8 Å². The highest BCUT2D eigenvalue weighted by atomic mass is 16.7. The highest BCUT2D eigenvalue weighted by molar-refractivity contribution is 5.87. The van der Waals surface area contributed by atoms with E-state index in [0.29, 0.717) is 0 Å². The Kier molecular flexibility index (Phi) is 1.99. The maximum absolute atomic E-state index is 9.33. The van der Waals surface area contributed by atoms with E-state index in [1.54, 1.807) is 13.8 Å². The van der Waals surface area contributed by atoms with E-state index >= 15 is 0 Å². The lowest BCUT2D eigenvalue weighted by Crippen LogP contribution is -2.70. The Labute approximate surface area is 98.5 Å². The maximum atomic E-state index is 9.33. The highest BCUT2D eigenvalue weighted by Gasteiger charge is 2.74. The van der Waals surface area contributed by atoms with Crippen LogP contribution in [0.15, 0.2) is 0 Å². The second-order valence-electron chi connectivity index (χ2n) is 4.51. The summed E-state index contributed by atoms with van der Waals surface area (Å²) in [6, 6.07) is 5.70. The van der Waals surface area contributed by atoms with Crippen molar-refractivity contribution in [3.05, 3.63) is 0 Å². The van der Waals surface area contributed by atoms with Crippen molar-refractivity contribution in [1.82, 2.24) is 0 Å². The molecule has 0 spiro atoms. The molecule has 0 aromatic heterocycles. The average molecular weight is 230 g/mol. The van der Waals surface area contributed by atoms with Gasteiger partial charge in [-0.3, -0.25) is 5.41 Å². The Bertz CT molecular complexity index is 509. The van der Waals surface area contributed by atoms with Gasteiger partial charge in [-0.1, -0.05) is 6.92 Å². The van der Waals surface area contributed by atoms with Gasteiger partial charge in [-0.05, 0) is 0 Å². The minimum absolute atomic E-state index is 0.162. The first-order valence-corrected chi connectivity index (χ1v) is 5.08. The number of hydrogen-bond donors (Lipinski definition) is 1. The van der Waals surface area contributed by atoms with Crippen LogP contribution in [0.3, 0.4) is 0 Å². The molecule has 0 saturated carbocycles. The predicted octanol–water partition coefficient (Wildman–Crippen LogP) is 0.920. The summed E-state index contributed by atoms with van der Waals surface area (Å²) >= 11 is 0. The summed E-state index contributed by atoms with van der Waals surface area (Å²) in [6.07, 6.45) is 0. The van der Waals surface area contributed by atoms with Gasteiger partial charge < -0.3 is 9.47 Å². The molecular weight excluding hydrogens is 220 g/mol. The predicted molar refractivity (Wildman–Crippen MR) is 54.0 cm³/mol. The first-order chi connectivity index (χ1) is 7.92. The van der Waals surface area contributed by atoms with E-state index in [2.05, 4.69) is 0 Å². The monoisotopic (exact) mass is 230 g/mol. The Balaban J connectivity index is 2.75. The zero-order chi connectivity index (χ0) is 12.9. The topological polar surface area (TPSA) is 114 Å². The number of hydrogen-bond acceptors (Lipinski definition) is 6. The van der Waals surface area contributed by atoms with Crippen molar-refractivity contribution in [2.45, 2.75) is 19.6 Å². The molecular formula is C11H10N4O2. The SMILES string of the molecule is C[C@H]1C(C#N)(C#N)[C@]2(C#N)CO[C@]1(C)OC2=N. The number of rotatable bonds is 0. The molecule has 6 heteroatoms. The summed E-state index contributed by atoms with van der Waals surface area (Å²) in [4.78, 5) is 0. The molecule has 0 unspecified atom stereocenters. The largest absolute Gasteiger partial charge is 0.448 e. The normalized spacial score (nSPS) is 41.8. The minimum Gasteiger partial charge on any atom is -0.448 e. The first-order valence-electron chi connectivity index (χ1n) is 5.08. The second-order valence-corrected chi connectivity index (χ2v) is 4.51. The molecule has 1 N–H and O–H groups in total. The Morgan fingerprint density at radius 1 is 1.29 bits per heavy atom. The smallest absolute Gasteiger partial charge is 0.214 e. The maximum Gasteiger partial charge on any atom is 0.214 e. The van der Waals surface area contributed by atoms with E-state index < -0.39 is 22.5 Å². The van der Waals surface area contributed by atoms with Crippen LogP contribution in [-0.2, 0) is 9.47 Å². The van der Waals surface area contributed by atoms with Gasteiger partial charge in [0, 0.05) is 6.92 Å². The summed E-state index contributed by atoms with van der Waals surface area (Å²) in [7, 11) is 0. The standard InChI is InChI=1S/C11H10N4O2/c1-7-9(2)16-6-11(5-14,8(15)17-9)10(7,3-12)4-13/h7,15H,6H2,1-2H3/t7-,9-,11-/m1/s1. The lowest BCUT2D eigenvalue weighted by molar-refractivity contribution is -0.304. The molecule has 17 heavy (non-hydrogen) atoms. The number of ether oxygens (including phenoxy) is 2. The third kappa shape index (κ3) is 0.934. The van der Waals surface area contributed by atoms with Gasteiger partial charge in [-0.2, -0.15) is 15.8 Å². The van der Waals surface area contributed by atoms with Gasteiger partial charge in [0.15, 0.2) is 10.8 Å². The lowest BCUT2D eigenvalue weighted by atomic mass is 9.54. The fraction of sp³-hybridized carbons (Fsp3) is 0.636. The van der Waals surface area contributed by atoms with Gasteiger partial charge in [0.2, 0.25) is 11.7 Å². The van der Waals surface area contributed by atoms with E-state index in [-0.39, 0.29) is 12.5 Å². The summed E-state index contributed by atoms with van der Waals surface area (Å²) < 4.78 is 10.7. The molecule has 3 saturated heterocycles. The molecule has 3 aliphatic rings. The lowest BCUT2D eigenvalue weighted by Gasteiger charge is -2.57. The summed E-state index contributed by atoms with van der Waals surface area (Å²) in [5, 5.41) is 35.7. The van der Waals surface area contributed by atoms with Crippen LogP contribution < -0.4 is 0 Å². The minimum atomic E-state index is -1.63. The molecule has 6 nitrogen and oxygen atoms in total. The fourth-order valence-corrected chi connectivity index (χ4v) is 2.49. The van der Waals surface area contributed by atoms with Crippen molar-refractivity contribution in [3.8, 4) is 18.2 Å². The number of nitrogens with one attached hydrogen (secondary N) is 1. The third-order valence-corrected chi connectivity index (χ3v) is 3.92. The van der Waals surface area contributed by atoms with Crippen molar-refractivity contribution in [1.29, 1.82) is 21.2 Å². The molecule has 3 atom stereocenters. The van der Waals surface area contributed by atoms with E-state index in [0.717, 1.165) is 0 Å². The van der Waals surface area contributed by atoms with Crippen molar-refractivity contribution >= 4 is 5.90 Å². The molecule has 0 aliphatic carbocycles.